The molecule has 122 valence electrons. The van der Waals surface area contributed by atoms with E-state index in [-0.39, 0.29) is 24.8 Å². The molecule has 2 rings (SSSR count). The lowest BCUT2D eigenvalue weighted by molar-refractivity contribution is -0.141. The Morgan fingerprint density at radius 2 is 2.09 bits per heavy atom. The highest BCUT2D eigenvalue weighted by Crippen LogP contribution is 2.28. The van der Waals surface area contributed by atoms with Gasteiger partial charge in [0.2, 0.25) is 5.91 Å². The summed E-state index contributed by atoms with van der Waals surface area (Å²) in [4.78, 5) is 15.1. The number of halogens is 3. The monoisotopic (exact) mass is 316 g/mol. The van der Waals surface area contributed by atoms with Crippen molar-refractivity contribution in [3.63, 3.8) is 0 Å². The number of amides is 1. The molecule has 1 aliphatic rings. The molecule has 0 spiro atoms. The molecule has 0 unspecified atom stereocenters. The second kappa shape index (κ2) is 7.09. The predicted octanol–water partition coefficient (Wildman–Crippen LogP) is 2.66. The zero-order valence-electron chi connectivity index (χ0n) is 12.1. The Morgan fingerprint density at radius 1 is 1.36 bits per heavy atom. The maximum absolute atomic E-state index is 12.5. The predicted molar refractivity (Wildman–Crippen MR) is 73.7 cm³/mol. The Balaban J connectivity index is 1.86. The van der Waals surface area contributed by atoms with Gasteiger partial charge in [0.1, 0.15) is 5.69 Å². The van der Waals surface area contributed by atoms with Crippen molar-refractivity contribution in [2.45, 2.75) is 50.9 Å². The van der Waals surface area contributed by atoms with E-state index >= 15 is 0 Å². The summed E-state index contributed by atoms with van der Waals surface area (Å²) in [7, 11) is 0. The fourth-order valence-electron chi connectivity index (χ4n) is 2.68. The number of pyridine rings is 1. The van der Waals surface area contributed by atoms with E-state index in [1.807, 2.05) is 0 Å². The van der Waals surface area contributed by atoms with Crippen LogP contribution in [0.1, 0.15) is 43.4 Å². The fraction of sp³-hybridized carbons (Fsp3) is 0.600. The maximum atomic E-state index is 12.5. The van der Waals surface area contributed by atoms with Gasteiger partial charge in [-0.15, -0.1) is 0 Å². The van der Waals surface area contributed by atoms with Gasteiger partial charge in [-0.3, -0.25) is 9.78 Å². The van der Waals surface area contributed by atoms with Crippen molar-refractivity contribution < 1.29 is 23.1 Å². The summed E-state index contributed by atoms with van der Waals surface area (Å²) < 4.78 is 37.6. The summed E-state index contributed by atoms with van der Waals surface area (Å²) in [6, 6.07) is 2.36. The van der Waals surface area contributed by atoms with Crippen LogP contribution >= 0.6 is 0 Å². The van der Waals surface area contributed by atoms with Crippen molar-refractivity contribution in [3.8, 4) is 0 Å². The summed E-state index contributed by atoms with van der Waals surface area (Å²) >= 11 is 0. The molecule has 2 N–H and O–H groups in total. The molecule has 0 saturated heterocycles. The van der Waals surface area contributed by atoms with Gasteiger partial charge in [0, 0.05) is 19.2 Å². The number of aliphatic hydroxyl groups is 1. The number of nitrogens with one attached hydrogen (secondary N) is 1. The van der Waals surface area contributed by atoms with Crippen LogP contribution in [0.3, 0.4) is 0 Å². The number of rotatable bonds is 4. The van der Waals surface area contributed by atoms with Gasteiger partial charge in [-0.1, -0.05) is 12.8 Å². The summed E-state index contributed by atoms with van der Waals surface area (Å²) in [5, 5.41) is 12.4. The molecule has 1 heterocycles. The minimum atomic E-state index is -4.49. The number of hydrogen-bond acceptors (Lipinski definition) is 3. The van der Waals surface area contributed by atoms with E-state index in [2.05, 4.69) is 10.3 Å². The van der Waals surface area contributed by atoms with E-state index in [1.165, 1.54) is 6.07 Å². The first kappa shape index (κ1) is 16.7. The summed E-state index contributed by atoms with van der Waals surface area (Å²) in [6.45, 7) is 0.0211. The van der Waals surface area contributed by atoms with Gasteiger partial charge in [0.25, 0.3) is 0 Å². The van der Waals surface area contributed by atoms with Crippen molar-refractivity contribution >= 4 is 5.91 Å². The Hall–Kier alpha value is -1.63. The zero-order chi connectivity index (χ0) is 16.2. The van der Waals surface area contributed by atoms with Gasteiger partial charge in [0.15, 0.2) is 0 Å². The van der Waals surface area contributed by atoms with Crippen molar-refractivity contribution in [2.24, 2.45) is 5.92 Å². The second-order valence-corrected chi connectivity index (χ2v) is 5.64. The van der Waals surface area contributed by atoms with Crippen molar-refractivity contribution in [3.05, 3.63) is 29.6 Å². The first-order chi connectivity index (χ1) is 10.4. The maximum Gasteiger partial charge on any atom is 0.433 e. The van der Waals surface area contributed by atoms with Gasteiger partial charge >= 0.3 is 6.18 Å². The van der Waals surface area contributed by atoms with Gasteiger partial charge in [-0.25, -0.2) is 0 Å². The van der Waals surface area contributed by atoms with E-state index in [0.717, 1.165) is 31.5 Å². The number of carbonyl (C=O) groups is 1. The highest BCUT2D eigenvalue weighted by molar-refractivity contribution is 5.76. The number of aliphatic hydroxyl groups excluding tert-OH is 1. The van der Waals surface area contributed by atoms with Crippen molar-refractivity contribution in [1.82, 2.24) is 10.3 Å². The molecule has 2 atom stereocenters. The van der Waals surface area contributed by atoms with E-state index in [0.29, 0.717) is 12.0 Å². The van der Waals surface area contributed by atoms with Gasteiger partial charge < -0.3 is 10.4 Å². The average Bonchev–Trinajstić information content (AvgIpc) is 2.47. The molecule has 0 radical (unpaired) electrons. The average molecular weight is 316 g/mol. The van der Waals surface area contributed by atoms with Gasteiger partial charge in [-0.05, 0) is 36.5 Å². The lowest BCUT2D eigenvalue weighted by Crippen LogP contribution is -2.31. The van der Waals surface area contributed by atoms with Gasteiger partial charge in [0.05, 0.1) is 6.10 Å². The lowest BCUT2D eigenvalue weighted by atomic mass is 9.84. The molecule has 1 amide bonds. The molecule has 1 aromatic heterocycles. The number of carbonyl (C=O) groups excluding carboxylic acids is 1. The van der Waals surface area contributed by atoms with Crippen LogP contribution in [0.2, 0.25) is 0 Å². The lowest BCUT2D eigenvalue weighted by Gasteiger charge is -2.26. The molecule has 4 nitrogen and oxygen atoms in total. The summed E-state index contributed by atoms with van der Waals surface area (Å²) in [6.07, 6.45) is -0.193. The third-order valence-corrected chi connectivity index (χ3v) is 3.92. The smallest absolute Gasteiger partial charge is 0.393 e. The molecular formula is C15H19F3N2O2. The number of hydrogen-bond donors (Lipinski definition) is 2. The molecule has 7 heteroatoms. The zero-order valence-corrected chi connectivity index (χ0v) is 12.1. The van der Waals surface area contributed by atoms with Gasteiger partial charge in [-0.2, -0.15) is 13.2 Å². The van der Waals surface area contributed by atoms with Crippen LogP contribution in [0, 0.1) is 5.92 Å². The highest BCUT2D eigenvalue weighted by atomic mass is 19.4. The molecule has 1 aliphatic carbocycles. The SMILES string of the molecule is O=C(C[C@@H]1CCCC[C@H]1O)NCc1ccnc(C(F)(F)F)c1. The first-order valence-electron chi connectivity index (χ1n) is 7.33. The summed E-state index contributed by atoms with van der Waals surface area (Å²) in [5.74, 6) is -0.312. The molecule has 1 aromatic rings. The number of alkyl halides is 3. The third kappa shape index (κ3) is 4.69. The highest BCUT2D eigenvalue weighted by Gasteiger charge is 2.32. The van der Waals surface area contributed by atoms with Crippen LogP contribution < -0.4 is 5.32 Å². The van der Waals surface area contributed by atoms with Crippen LogP contribution in [0.15, 0.2) is 18.3 Å². The van der Waals surface area contributed by atoms with E-state index in [9.17, 15) is 23.1 Å². The Morgan fingerprint density at radius 3 is 2.77 bits per heavy atom. The molecule has 0 bridgehead atoms. The van der Waals surface area contributed by atoms with Crippen molar-refractivity contribution in [2.75, 3.05) is 0 Å². The normalized spacial score (nSPS) is 22.4. The van der Waals surface area contributed by atoms with Crippen LogP contribution in [0.5, 0.6) is 0 Å². The summed E-state index contributed by atoms with van der Waals surface area (Å²) in [5.41, 5.74) is -0.623. The topological polar surface area (TPSA) is 62.2 Å². The van der Waals surface area contributed by atoms with Crippen molar-refractivity contribution in [1.29, 1.82) is 0 Å². The minimum absolute atomic E-state index is 0.0211. The quantitative estimate of drug-likeness (QED) is 0.898. The fourth-order valence-corrected chi connectivity index (χ4v) is 2.68. The van der Waals surface area contributed by atoms with E-state index in [4.69, 9.17) is 0 Å². The molecule has 1 saturated carbocycles. The second-order valence-electron chi connectivity index (χ2n) is 5.64. The van der Waals surface area contributed by atoms with Crippen LogP contribution in [0.4, 0.5) is 13.2 Å². The first-order valence-corrected chi connectivity index (χ1v) is 7.33. The molecule has 0 aromatic carbocycles. The molecule has 22 heavy (non-hydrogen) atoms. The standard InChI is InChI=1S/C15H19F3N2O2/c16-15(17,18)13-7-10(5-6-19-13)9-20-14(22)8-11-3-1-2-4-12(11)21/h5-7,11-12,21H,1-4,8-9H2,(H,20,22)/t11-,12+/m0/s1. The molecule has 1 fully saturated rings. The molecule has 0 aliphatic heterocycles. The Labute approximate surface area is 126 Å². The third-order valence-electron chi connectivity index (χ3n) is 3.92. The number of nitrogens with zero attached hydrogens (tertiary/aromatic N) is 1. The largest absolute Gasteiger partial charge is 0.433 e. The van der Waals surface area contributed by atoms with Crippen LogP contribution in [-0.4, -0.2) is 22.1 Å². The minimum Gasteiger partial charge on any atom is -0.393 e. The molecular weight excluding hydrogens is 297 g/mol. The van der Waals surface area contributed by atoms with Crippen LogP contribution in [-0.2, 0) is 17.5 Å². The van der Waals surface area contributed by atoms with Crippen LogP contribution in [0.25, 0.3) is 0 Å². The Kier molecular flexibility index (Phi) is 5.39. The Bertz CT molecular complexity index is 520. The number of aromatic nitrogens is 1. The van der Waals surface area contributed by atoms with E-state index in [1.54, 1.807) is 0 Å². The van der Waals surface area contributed by atoms with E-state index < -0.39 is 18.0 Å².